The van der Waals surface area contributed by atoms with Gasteiger partial charge in [0, 0.05) is 18.7 Å². The molecule has 0 bridgehead atoms. The van der Waals surface area contributed by atoms with E-state index in [0.717, 1.165) is 31.9 Å². The van der Waals surface area contributed by atoms with Crippen LogP contribution in [-0.2, 0) is 10.0 Å². The summed E-state index contributed by atoms with van der Waals surface area (Å²) >= 11 is 0. The highest BCUT2D eigenvalue weighted by Gasteiger charge is 2.20. The molecule has 1 fully saturated rings. The summed E-state index contributed by atoms with van der Waals surface area (Å²) in [4.78, 5) is 10.4. The summed E-state index contributed by atoms with van der Waals surface area (Å²) in [6.45, 7) is 1.61. The molecule has 1 aliphatic heterocycles. The molecule has 3 N–H and O–H groups in total. The Hall–Kier alpha value is -1.71. The highest BCUT2D eigenvalue weighted by Crippen LogP contribution is 2.27. The molecule has 122 valence electrons. The Morgan fingerprint density at radius 1 is 1.45 bits per heavy atom. The molecule has 1 saturated heterocycles. The molecular weight excluding hydrogens is 308 g/mol. The van der Waals surface area contributed by atoms with Crippen molar-refractivity contribution in [2.45, 2.75) is 30.2 Å². The molecule has 0 aromatic heterocycles. The van der Waals surface area contributed by atoms with Gasteiger partial charge in [0.15, 0.2) is 0 Å². The minimum atomic E-state index is -3.70. The minimum Gasteiger partial charge on any atom is -0.379 e. The quantitative estimate of drug-likeness (QED) is 0.509. The van der Waals surface area contributed by atoms with Crippen LogP contribution in [0.1, 0.15) is 19.3 Å². The van der Waals surface area contributed by atoms with Gasteiger partial charge < -0.3 is 10.6 Å². The molecule has 1 aliphatic rings. The Morgan fingerprint density at radius 2 is 2.23 bits per heavy atom. The maximum Gasteiger partial charge on any atom is 0.293 e. The van der Waals surface area contributed by atoms with Gasteiger partial charge in [0.05, 0.1) is 9.82 Å². The van der Waals surface area contributed by atoms with Crippen LogP contribution in [0.15, 0.2) is 23.1 Å². The lowest BCUT2D eigenvalue weighted by Gasteiger charge is -2.12. The van der Waals surface area contributed by atoms with Crippen LogP contribution in [0.5, 0.6) is 0 Å². The zero-order chi connectivity index (χ0) is 16.2. The number of rotatable bonds is 7. The zero-order valence-corrected chi connectivity index (χ0v) is 13.1. The molecule has 8 nitrogen and oxygen atoms in total. The largest absolute Gasteiger partial charge is 0.379 e. The summed E-state index contributed by atoms with van der Waals surface area (Å²) in [6, 6.07) is 4.30. The van der Waals surface area contributed by atoms with Gasteiger partial charge >= 0.3 is 0 Å². The number of nitrogens with one attached hydrogen (secondary N) is 3. The summed E-state index contributed by atoms with van der Waals surface area (Å²) in [7, 11) is -2.43. The Balaban J connectivity index is 2.11. The van der Waals surface area contributed by atoms with Crippen molar-refractivity contribution < 1.29 is 13.3 Å². The van der Waals surface area contributed by atoms with Crippen molar-refractivity contribution in [1.29, 1.82) is 0 Å². The van der Waals surface area contributed by atoms with Gasteiger partial charge in [-0.05, 0) is 45.0 Å². The highest BCUT2D eigenvalue weighted by atomic mass is 32.2. The van der Waals surface area contributed by atoms with E-state index in [1.165, 1.54) is 19.2 Å². The number of nitro benzene ring substituents is 1. The van der Waals surface area contributed by atoms with Crippen molar-refractivity contribution in [3.05, 3.63) is 28.3 Å². The number of anilines is 1. The van der Waals surface area contributed by atoms with Crippen LogP contribution in [-0.4, -0.2) is 39.5 Å². The van der Waals surface area contributed by atoms with Crippen molar-refractivity contribution >= 4 is 21.4 Å². The van der Waals surface area contributed by atoms with E-state index in [9.17, 15) is 18.5 Å². The summed E-state index contributed by atoms with van der Waals surface area (Å²) in [6.07, 6.45) is 3.14. The minimum absolute atomic E-state index is 0.121. The van der Waals surface area contributed by atoms with Crippen LogP contribution in [0.25, 0.3) is 0 Å². The second-order valence-corrected chi connectivity index (χ2v) is 7.04. The van der Waals surface area contributed by atoms with Gasteiger partial charge in [0.1, 0.15) is 5.69 Å². The lowest BCUT2D eigenvalue weighted by atomic mass is 10.1. The van der Waals surface area contributed by atoms with Crippen molar-refractivity contribution in [3.8, 4) is 0 Å². The normalized spacial score (nSPS) is 18.3. The van der Waals surface area contributed by atoms with Gasteiger partial charge in [-0.15, -0.1) is 0 Å². The number of hydrogen-bond donors (Lipinski definition) is 3. The van der Waals surface area contributed by atoms with E-state index in [-0.39, 0.29) is 10.6 Å². The maximum atomic E-state index is 11.7. The third-order valence-electron chi connectivity index (χ3n) is 3.72. The SMILES string of the molecule is CNS(=O)(=O)c1ccc(NCC[C@H]2CCCN2)c([N+](=O)[O-])c1. The fraction of sp³-hybridized carbons (Fsp3) is 0.538. The molecule has 2 rings (SSSR count). The standard InChI is InChI=1S/C13H20N4O4S/c1-14-22(20,21)11-4-5-12(13(9-11)17(18)19)16-8-6-10-3-2-7-15-10/h4-5,9-10,14-16H,2-3,6-8H2,1H3/t10-/m1/s1. The van der Waals surface area contributed by atoms with Crippen LogP contribution >= 0.6 is 0 Å². The Morgan fingerprint density at radius 3 is 2.82 bits per heavy atom. The second-order valence-electron chi connectivity index (χ2n) is 5.15. The summed E-state index contributed by atoms with van der Waals surface area (Å²) in [5, 5.41) is 17.5. The van der Waals surface area contributed by atoms with E-state index in [1.807, 2.05) is 0 Å². The molecule has 1 atom stereocenters. The summed E-state index contributed by atoms with van der Waals surface area (Å²) in [5.74, 6) is 0. The van der Waals surface area contributed by atoms with Gasteiger partial charge in [-0.25, -0.2) is 13.1 Å². The molecule has 0 saturated carbocycles. The lowest BCUT2D eigenvalue weighted by Crippen LogP contribution is -2.24. The molecule has 0 aliphatic carbocycles. The fourth-order valence-corrected chi connectivity index (χ4v) is 3.23. The first-order valence-corrected chi connectivity index (χ1v) is 8.61. The van der Waals surface area contributed by atoms with Gasteiger partial charge in [-0.2, -0.15) is 0 Å². The van der Waals surface area contributed by atoms with Gasteiger partial charge in [-0.3, -0.25) is 10.1 Å². The van der Waals surface area contributed by atoms with E-state index >= 15 is 0 Å². The first kappa shape index (κ1) is 16.7. The highest BCUT2D eigenvalue weighted by molar-refractivity contribution is 7.89. The van der Waals surface area contributed by atoms with E-state index in [4.69, 9.17) is 0 Å². The van der Waals surface area contributed by atoms with Crippen molar-refractivity contribution in [3.63, 3.8) is 0 Å². The third kappa shape index (κ3) is 3.93. The fourth-order valence-electron chi connectivity index (χ4n) is 2.48. The van der Waals surface area contributed by atoms with E-state index in [1.54, 1.807) is 0 Å². The van der Waals surface area contributed by atoms with Crippen LogP contribution in [0.2, 0.25) is 0 Å². The molecule has 0 amide bonds. The number of hydrogen-bond acceptors (Lipinski definition) is 6. The van der Waals surface area contributed by atoms with Gasteiger partial charge in [0.25, 0.3) is 5.69 Å². The van der Waals surface area contributed by atoms with E-state index < -0.39 is 14.9 Å². The second kappa shape index (κ2) is 7.03. The molecule has 0 radical (unpaired) electrons. The summed E-state index contributed by atoms with van der Waals surface area (Å²) < 4.78 is 25.6. The molecule has 1 aromatic carbocycles. The number of benzene rings is 1. The molecule has 1 heterocycles. The van der Waals surface area contributed by atoms with Crippen LogP contribution in [0.3, 0.4) is 0 Å². The summed E-state index contributed by atoms with van der Waals surface area (Å²) in [5.41, 5.74) is 0.0914. The van der Waals surface area contributed by atoms with Crippen LogP contribution in [0, 0.1) is 10.1 Å². The van der Waals surface area contributed by atoms with Gasteiger partial charge in [0.2, 0.25) is 10.0 Å². The number of nitrogens with zero attached hydrogens (tertiary/aromatic N) is 1. The molecule has 1 aromatic rings. The number of sulfonamides is 1. The Labute approximate surface area is 129 Å². The molecule has 9 heteroatoms. The van der Waals surface area contributed by atoms with E-state index in [0.29, 0.717) is 18.3 Å². The third-order valence-corrected chi connectivity index (χ3v) is 5.13. The topological polar surface area (TPSA) is 113 Å². The monoisotopic (exact) mass is 328 g/mol. The van der Waals surface area contributed by atoms with E-state index in [2.05, 4.69) is 15.4 Å². The molecule has 22 heavy (non-hydrogen) atoms. The zero-order valence-electron chi connectivity index (χ0n) is 12.3. The molecule has 0 spiro atoms. The average Bonchev–Trinajstić information content (AvgIpc) is 3.00. The maximum absolute atomic E-state index is 11.7. The average molecular weight is 328 g/mol. The predicted molar refractivity (Wildman–Crippen MR) is 83.5 cm³/mol. The first-order chi connectivity index (χ1) is 10.4. The lowest BCUT2D eigenvalue weighted by molar-refractivity contribution is -0.384. The van der Waals surface area contributed by atoms with Crippen molar-refractivity contribution in [2.75, 3.05) is 25.5 Å². The predicted octanol–water partition coefficient (Wildman–Crippen LogP) is 1.06. The van der Waals surface area contributed by atoms with Crippen LogP contribution < -0.4 is 15.4 Å². The van der Waals surface area contributed by atoms with Crippen molar-refractivity contribution in [2.24, 2.45) is 0 Å². The molecular formula is C13H20N4O4S. The first-order valence-electron chi connectivity index (χ1n) is 7.13. The molecule has 0 unspecified atom stereocenters. The van der Waals surface area contributed by atoms with Gasteiger partial charge in [-0.1, -0.05) is 0 Å². The van der Waals surface area contributed by atoms with Crippen LogP contribution in [0.4, 0.5) is 11.4 Å². The smallest absolute Gasteiger partial charge is 0.293 e. The van der Waals surface area contributed by atoms with Crippen molar-refractivity contribution in [1.82, 2.24) is 10.0 Å². The Kier molecular flexibility index (Phi) is 5.33. The Bertz CT molecular complexity index is 641. The number of nitro groups is 1.